The van der Waals surface area contributed by atoms with E-state index in [1.807, 2.05) is 13.8 Å². The highest BCUT2D eigenvalue weighted by molar-refractivity contribution is 7.46. The SMILES string of the molecule is CC(C)OC(CO)C(O)C(C)(OC(C)C)[P+](=O)CCCC[P+](=O)C(C)(C)COC(C)CO. The highest BCUT2D eigenvalue weighted by atomic mass is 31.1. The van der Waals surface area contributed by atoms with Gasteiger partial charge in [-0.25, -0.2) is 0 Å². The molecule has 3 N–H and O–H groups in total. The minimum Gasteiger partial charge on any atom is -0.394 e. The summed E-state index contributed by atoms with van der Waals surface area (Å²) in [6, 6.07) is 0. The fourth-order valence-corrected chi connectivity index (χ4v) is 6.25. The first-order valence-corrected chi connectivity index (χ1v) is 14.3. The number of unbranched alkanes of at least 4 members (excludes halogenated alkanes) is 1. The minimum absolute atomic E-state index is 0.0810. The van der Waals surface area contributed by atoms with E-state index in [4.69, 9.17) is 19.3 Å². The van der Waals surface area contributed by atoms with E-state index in [1.165, 1.54) is 0 Å². The Morgan fingerprint density at radius 3 is 1.81 bits per heavy atom. The van der Waals surface area contributed by atoms with Gasteiger partial charge < -0.3 is 29.5 Å². The van der Waals surface area contributed by atoms with Crippen LogP contribution in [0.15, 0.2) is 0 Å². The Balaban J connectivity index is 4.95. The predicted molar refractivity (Wildman–Crippen MR) is 128 cm³/mol. The molecule has 0 aromatic rings. The molecule has 6 atom stereocenters. The van der Waals surface area contributed by atoms with Gasteiger partial charge in [-0.1, -0.05) is 9.13 Å². The largest absolute Gasteiger partial charge is 0.394 e. The van der Waals surface area contributed by atoms with E-state index in [9.17, 15) is 19.3 Å². The van der Waals surface area contributed by atoms with Gasteiger partial charge in [-0.3, -0.25) is 0 Å². The third-order valence-electron chi connectivity index (χ3n) is 5.12. The Morgan fingerprint density at radius 2 is 1.38 bits per heavy atom. The van der Waals surface area contributed by atoms with Gasteiger partial charge >= 0.3 is 15.6 Å². The highest BCUT2D eigenvalue weighted by Crippen LogP contribution is 2.46. The average Bonchev–Trinajstić information content (AvgIpc) is 2.71. The normalized spacial score (nSPS) is 18.4. The topological polar surface area (TPSA) is 123 Å². The summed E-state index contributed by atoms with van der Waals surface area (Å²) in [5.74, 6) is 0. The maximum Gasteiger partial charge on any atom is 0.376 e. The summed E-state index contributed by atoms with van der Waals surface area (Å²) in [6.45, 7) is 14.1. The van der Waals surface area contributed by atoms with Crippen molar-refractivity contribution in [2.75, 3.05) is 32.1 Å². The van der Waals surface area contributed by atoms with E-state index in [1.54, 1.807) is 41.5 Å². The van der Waals surface area contributed by atoms with Gasteiger partial charge in [0.2, 0.25) is 0 Å². The van der Waals surface area contributed by atoms with Crippen LogP contribution in [0.5, 0.6) is 0 Å². The second-order valence-electron chi connectivity index (χ2n) is 9.60. The summed E-state index contributed by atoms with van der Waals surface area (Å²) in [6.07, 6.45) is -0.992. The molecule has 10 heteroatoms. The lowest BCUT2D eigenvalue weighted by Gasteiger charge is -2.32. The molecule has 0 heterocycles. The van der Waals surface area contributed by atoms with Gasteiger partial charge in [-0.05, 0) is 61.3 Å². The summed E-state index contributed by atoms with van der Waals surface area (Å²) in [5, 5.41) is 27.8. The van der Waals surface area contributed by atoms with Gasteiger partial charge in [0, 0.05) is 6.92 Å². The molecule has 190 valence electrons. The second kappa shape index (κ2) is 15.1. The molecular formula is C22H46O8P2+2. The van der Waals surface area contributed by atoms with Gasteiger partial charge in [0.25, 0.3) is 5.34 Å². The van der Waals surface area contributed by atoms with Crippen molar-refractivity contribution in [1.29, 1.82) is 0 Å². The molecule has 32 heavy (non-hydrogen) atoms. The number of aliphatic hydroxyl groups is 3. The monoisotopic (exact) mass is 500 g/mol. The standard InChI is InChI=1S/C22H46O8P2/c1-16(2)29-19(14-24)20(25)22(8,30-17(3)4)32(27)12-10-9-11-31(26)21(6,7)15-28-18(5)13-23/h16-20,23-25H,9-15H2,1-8H3/q+2. The van der Waals surface area contributed by atoms with Crippen molar-refractivity contribution in [2.45, 2.75) is 109 Å². The van der Waals surface area contributed by atoms with Crippen molar-refractivity contribution in [1.82, 2.24) is 0 Å². The molecule has 0 amide bonds. The second-order valence-corrected chi connectivity index (χ2v) is 14.1. The van der Waals surface area contributed by atoms with E-state index in [2.05, 4.69) is 0 Å². The molecule has 0 saturated carbocycles. The van der Waals surface area contributed by atoms with Crippen LogP contribution in [-0.2, 0) is 23.3 Å². The van der Waals surface area contributed by atoms with E-state index in [0.717, 1.165) is 0 Å². The summed E-state index contributed by atoms with van der Waals surface area (Å²) in [4.78, 5) is 0. The molecule has 0 aliphatic carbocycles. The predicted octanol–water partition coefficient (Wildman–Crippen LogP) is 3.89. The van der Waals surface area contributed by atoms with Crippen LogP contribution in [0, 0.1) is 0 Å². The van der Waals surface area contributed by atoms with E-state index in [0.29, 0.717) is 31.8 Å². The molecule has 0 radical (unpaired) electrons. The Bertz CT molecular complexity index is 570. The van der Waals surface area contributed by atoms with Gasteiger partial charge in [0.1, 0.15) is 18.4 Å². The van der Waals surface area contributed by atoms with Crippen LogP contribution in [0.1, 0.15) is 68.2 Å². The molecule has 0 aromatic carbocycles. The van der Waals surface area contributed by atoms with Crippen molar-refractivity contribution >= 4 is 15.6 Å². The average molecular weight is 501 g/mol. The fraction of sp³-hybridized carbons (Fsp3) is 1.00. The number of hydrogen-bond acceptors (Lipinski definition) is 8. The van der Waals surface area contributed by atoms with Crippen molar-refractivity contribution in [3.63, 3.8) is 0 Å². The molecule has 0 spiro atoms. The first-order chi connectivity index (χ1) is 14.7. The highest BCUT2D eigenvalue weighted by Gasteiger charge is 2.55. The zero-order chi connectivity index (χ0) is 25.1. The van der Waals surface area contributed by atoms with E-state index in [-0.39, 0.29) is 24.9 Å². The van der Waals surface area contributed by atoms with Crippen molar-refractivity contribution < 1.29 is 38.7 Å². The van der Waals surface area contributed by atoms with Crippen LogP contribution < -0.4 is 0 Å². The zero-order valence-electron chi connectivity index (χ0n) is 21.1. The molecule has 0 aromatic heterocycles. The minimum atomic E-state index is -2.00. The number of aliphatic hydroxyl groups excluding tert-OH is 3. The summed E-state index contributed by atoms with van der Waals surface area (Å²) in [7, 11) is -3.55. The first kappa shape index (κ1) is 32.0. The lowest BCUT2D eigenvalue weighted by atomic mass is 10.1. The molecular weight excluding hydrogens is 454 g/mol. The van der Waals surface area contributed by atoms with Gasteiger partial charge in [-0.15, -0.1) is 0 Å². The first-order valence-electron chi connectivity index (χ1n) is 11.4. The van der Waals surface area contributed by atoms with Gasteiger partial charge in [0.05, 0.1) is 38.1 Å². The maximum absolute atomic E-state index is 13.2. The van der Waals surface area contributed by atoms with Crippen molar-refractivity contribution in [2.24, 2.45) is 0 Å². The molecule has 0 rings (SSSR count). The Morgan fingerprint density at radius 1 is 0.844 bits per heavy atom. The molecule has 0 aliphatic heterocycles. The van der Waals surface area contributed by atoms with Crippen molar-refractivity contribution in [3.05, 3.63) is 0 Å². The number of hydrogen-bond donors (Lipinski definition) is 3. The van der Waals surface area contributed by atoms with Crippen molar-refractivity contribution in [3.8, 4) is 0 Å². The molecule has 0 fully saturated rings. The molecule has 8 nitrogen and oxygen atoms in total. The number of rotatable bonds is 18. The Labute approximate surface area is 196 Å². The molecule has 6 unspecified atom stereocenters. The smallest absolute Gasteiger partial charge is 0.376 e. The van der Waals surface area contributed by atoms with Crippen LogP contribution in [0.3, 0.4) is 0 Å². The third kappa shape index (κ3) is 10.9. The summed E-state index contributed by atoms with van der Waals surface area (Å²) < 4.78 is 43.0. The Hall–Kier alpha value is -0.0400. The Kier molecular flexibility index (Phi) is 15.0. The third-order valence-corrected chi connectivity index (χ3v) is 9.41. The maximum atomic E-state index is 13.2. The molecule has 0 bridgehead atoms. The van der Waals surface area contributed by atoms with Crippen LogP contribution in [0.2, 0.25) is 0 Å². The van der Waals surface area contributed by atoms with Gasteiger partial charge in [-0.2, -0.15) is 0 Å². The summed E-state index contributed by atoms with van der Waals surface area (Å²) in [5.41, 5.74) is 0. The van der Waals surface area contributed by atoms with Crippen LogP contribution in [-0.4, -0.2) is 88.5 Å². The van der Waals surface area contributed by atoms with Crippen LogP contribution in [0.4, 0.5) is 0 Å². The van der Waals surface area contributed by atoms with Gasteiger partial charge in [0.15, 0.2) is 11.3 Å². The fourth-order valence-electron chi connectivity index (χ4n) is 3.17. The van der Waals surface area contributed by atoms with E-state index >= 15 is 0 Å². The summed E-state index contributed by atoms with van der Waals surface area (Å²) >= 11 is 0. The number of ether oxygens (including phenoxy) is 3. The van der Waals surface area contributed by atoms with Crippen LogP contribution in [0.25, 0.3) is 0 Å². The quantitative estimate of drug-likeness (QED) is 0.191. The zero-order valence-corrected chi connectivity index (χ0v) is 22.9. The van der Waals surface area contributed by atoms with E-state index < -0.39 is 44.9 Å². The lowest BCUT2D eigenvalue weighted by Crippen LogP contribution is -2.50. The molecule has 0 aliphatic rings. The van der Waals surface area contributed by atoms with Crippen LogP contribution >= 0.6 is 15.6 Å². The lowest BCUT2D eigenvalue weighted by molar-refractivity contribution is -0.158. The molecule has 0 saturated heterocycles.